The van der Waals surface area contributed by atoms with E-state index in [1.54, 1.807) is 0 Å². The Morgan fingerprint density at radius 3 is 2.71 bits per heavy atom. The maximum absolute atomic E-state index is 5.91. The van der Waals surface area contributed by atoms with Gasteiger partial charge in [-0.2, -0.15) is 4.98 Å². The molecule has 3 atom stereocenters. The summed E-state index contributed by atoms with van der Waals surface area (Å²) in [5.74, 6) is 2.20. The number of benzene rings is 1. The van der Waals surface area contributed by atoms with Crippen molar-refractivity contribution >= 4 is 11.6 Å². The summed E-state index contributed by atoms with van der Waals surface area (Å²) in [6.07, 6.45) is 1.09. The topological polar surface area (TPSA) is 38.9 Å². The molecule has 4 heteroatoms. The summed E-state index contributed by atoms with van der Waals surface area (Å²) in [4.78, 5) is 4.34. The van der Waals surface area contributed by atoms with Crippen molar-refractivity contribution in [1.82, 2.24) is 10.1 Å². The van der Waals surface area contributed by atoms with Gasteiger partial charge in [0.15, 0.2) is 5.82 Å². The largest absolute Gasteiger partial charge is 0.339 e. The maximum atomic E-state index is 5.91. The van der Waals surface area contributed by atoms with Gasteiger partial charge in [0.1, 0.15) is 0 Å². The molecule has 1 heterocycles. The third-order valence-electron chi connectivity index (χ3n) is 3.15. The zero-order valence-corrected chi connectivity index (χ0v) is 10.3. The zero-order chi connectivity index (χ0) is 11.8. The number of alkyl halides is 1. The minimum absolute atomic E-state index is 0.193. The number of halogens is 1. The first kappa shape index (κ1) is 10.8. The Bertz CT molecular complexity index is 509. The van der Waals surface area contributed by atoms with Crippen LogP contribution in [-0.4, -0.2) is 10.1 Å². The Hall–Kier alpha value is -1.35. The summed E-state index contributed by atoms with van der Waals surface area (Å²) < 4.78 is 5.26. The highest BCUT2D eigenvalue weighted by atomic mass is 35.5. The number of hydrogen-bond donors (Lipinski definition) is 0. The van der Waals surface area contributed by atoms with Crippen LogP contribution in [0.25, 0.3) is 0 Å². The van der Waals surface area contributed by atoms with Crippen molar-refractivity contribution in [3.8, 4) is 0 Å². The van der Waals surface area contributed by atoms with Gasteiger partial charge < -0.3 is 4.52 Å². The first-order valence-electron chi connectivity index (χ1n) is 5.78. The van der Waals surface area contributed by atoms with Crippen LogP contribution in [0.15, 0.2) is 34.9 Å². The van der Waals surface area contributed by atoms with E-state index in [-0.39, 0.29) is 5.38 Å². The molecule has 0 saturated heterocycles. The molecule has 1 aromatic carbocycles. The number of aromatic nitrogens is 2. The summed E-state index contributed by atoms with van der Waals surface area (Å²) in [6.45, 7) is 1.85. The van der Waals surface area contributed by atoms with Gasteiger partial charge in [-0.05, 0) is 24.8 Å². The molecule has 0 spiro atoms. The fourth-order valence-electron chi connectivity index (χ4n) is 2.10. The first-order valence-corrected chi connectivity index (χ1v) is 6.22. The SMILES string of the molecule is CC(Cl)c1noc(C2CC2c2ccccc2)n1. The second-order valence-corrected chi connectivity index (χ2v) is 5.12. The highest BCUT2D eigenvalue weighted by molar-refractivity contribution is 6.20. The predicted octanol–water partition coefficient (Wildman–Crippen LogP) is 3.64. The lowest BCUT2D eigenvalue weighted by Crippen LogP contribution is -1.88. The van der Waals surface area contributed by atoms with Crippen molar-refractivity contribution in [3.05, 3.63) is 47.6 Å². The van der Waals surface area contributed by atoms with Crippen LogP contribution >= 0.6 is 11.6 Å². The second-order valence-electron chi connectivity index (χ2n) is 4.47. The van der Waals surface area contributed by atoms with Crippen molar-refractivity contribution in [2.24, 2.45) is 0 Å². The van der Waals surface area contributed by atoms with Crippen LogP contribution in [0, 0.1) is 0 Å². The van der Waals surface area contributed by atoms with E-state index >= 15 is 0 Å². The molecule has 1 aliphatic rings. The molecule has 3 nitrogen and oxygen atoms in total. The number of rotatable bonds is 3. The van der Waals surface area contributed by atoms with E-state index in [0.29, 0.717) is 17.7 Å². The molecule has 3 rings (SSSR count). The van der Waals surface area contributed by atoms with Crippen LogP contribution < -0.4 is 0 Å². The lowest BCUT2D eigenvalue weighted by atomic mass is 10.1. The smallest absolute Gasteiger partial charge is 0.230 e. The maximum Gasteiger partial charge on any atom is 0.230 e. The Morgan fingerprint density at radius 2 is 2.06 bits per heavy atom. The van der Waals surface area contributed by atoms with Crippen LogP contribution in [0.2, 0.25) is 0 Å². The Morgan fingerprint density at radius 1 is 1.29 bits per heavy atom. The average Bonchev–Trinajstić information content (AvgIpc) is 2.99. The molecule has 0 aliphatic heterocycles. The standard InChI is InChI=1S/C13H13ClN2O/c1-8(14)12-15-13(17-16-12)11-7-10(11)9-5-3-2-4-6-9/h2-6,8,10-11H,7H2,1H3. The third-order valence-corrected chi connectivity index (χ3v) is 3.34. The average molecular weight is 249 g/mol. The summed E-state index contributed by atoms with van der Waals surface area (Å²) in [5.41, 5.74) is 1.34. The fourth-order valence-corrected chi connectivity index (χ4v) is 2.18. The van der Waals surface area contributed by atoms with Gasteiger partial charge in [-0.25, -0.2) is 0 Å². The van der Waals surface area contributed by atoms with Crippen LogP contribution in [-0.2, 0) is 0 Å². The molecular weight excluding hydrogens is 236 g/mol. The highest BCUT2D eigenvalue weighted by Gasteiger charge is 2.43. The molecule has 1 aliphatic carbocycles. The van der Waals surface area contributed by atoms with Gasteiger partial charge >= 0.3 is 0 Å². The molecule has 3 unspecified atom stereocenters. The third kappa shape index (κ3) is 2.07. The summed E-state index contributed by atoms with van der Waals surface area (Å²) in [7, 11) is 0. The number of hydrogen-bond acceptors (Lipinski definition) is 3. The molecule has 1 fully saturated rings. The van der Waals surface area contributed by atoms with Crippen LogP contribution in [0.5, 0.6) is 0 Å². The van der Waals surface area contributed by atoms with Gasteiger partial charge in [0.2, 0.25) is 5.89 Å². The molecule has 17 heavy (non-hydrogen) atoms. The van der Waals surface area contributed by atoms with Crippen LogP contribution in [0.3, 0.4) is 0 Å². The minimum atomic E-state index is -0.193. The van der Waals surface area contributed by atoms with Crippen LogP contribution in [0.4, 0.5) is 0 Å². The second kappa shape index (κ2) is 4.15. The highest BCUT2D eigenvalue weighted by Crippen LogP contribution is 2.54. The molecule has 0 bridgehead atoms. The molecule has 88 valence electrons. The van der Waals surface area contributed by atoms with E-state index in [1.165, 1.54) is 5.56 Å². The zero-order valence-electron chi connectivity index (χ0n) is 9.51. The van der Waals surface area contributed by atoms with Gasteiger partial charge in [-0.1, -0.05) is 35.5 Å². The molecule has 1 aromatic heterocycles. The van der Waals surface area contributed by atoms with Crippen molar-refractivity contribution in [2.45, 2.75) is 30.6 Å². The first-order chi connectivity index (χ1) is 8.25. The lowest BCUT2D eigenvalue weighted by Gasteiger charge is -1.96. The normalized spacial score (nSPS) is 24.6. The van der Waals surface area contributed by atoms with Gasteiger partial charge in [0, 0.05) is 5.92 Å². The molecule has 0 N–H and O–H groups in total. The van der Waals surface area contributed by atoms with Crippen LogP contribution in [0.1, 0.15) is 47.8 Å². The fraction of sp³-hybridized carbons (Fsp3) is 0.385. The lowest BCUT2D eigenvalue weighted by molar-refractivity contribution is 0.373. The van der Waals surface area contributed by atoms with Crippen molar-refractivity contribution in [2.75, 3.05) is 0 Å². The molecule has 0 radical (unpaired) electrons. The van der Waals surface area contributed by atoms with Crippen molar-refractivity contribution in [3.63, 3.8) is 0 Å². The van der Waals surface area contributed by atoms with E-state index in [4.69, 9.17) is 16.1 Å². The van der Waals surface area contributed by atoms with E-state index in [9.17, 15) is 0 Å². The predicted molar refractivity (Wildman–Crippen MR) is 65.1 cm³/mol. The van der Waals surface area contributed by atoms with E-state index < -0.39 is 0 Å². The Kier molecular flexibility index (Phi) is 2.63. The van der Waals surface area contributed by atoms with Crippen molar-refractivity contribution in [1.29, 1.82) is 0 Å². The summed E-state index contributed by atoms with van der Waals surface area (Å²) in [5, 5.41) is 3.69. The Balaban J connectivity index is 1.76. The molecule has 1 saturated carbocycles. The summed E-state index contributed by atoms with van der Waals surface area (Å²) in [6, 6.07) is 10.4. The van der Waals surface area contributed by atoms with Gasteiger partial charge in [-0.3, -0.25) is 0 Å². The summed E-state index contributed by atoms with van der Waals surface area (Å²) >= 11 is 5.91. The molecule has 2 aromatic rings. The number of nitrogens with zero attached hydrogens (tertiary/aromatic N) is 2. The molecular formula is C13H13ClN2O. The quantitative estimate of drug-likeness (QED) is 0.779. The Labute approximate surface area is 105 Å². The van der Waals surface area contributed by atoms with E-state index in [0.717, 1.165) is 12.3 Å². The van der Waals surface area contributed by atoms with Gasteiger partial charge in [-0.15, -0.1) is 11.6 Å². The van der Waals surface area contributed by atoms with Gasteiger partial charge in [0.25, 0.3) is 0 Å². The van der Waals surface area contributed by atoms with Gasteiger partial charge in [0.05, 0.1) is 5.38 Å². The molecule has 0 amide bonds. The van der Waals surface area contributed by atoms with Crippen molar-refractivity contribution < 1.29 is 4.52 Å². The van der Waals surface area contributed by atoms with E-state index in [2.05, 4.69) is 34.4 Å². The van der Waals surface area contributed by atoms with E-state index in [1.807, 2.05) is 13.0 Å². The minimum Gasteiger partial charge on any atom is -0.339 e. The monoisotopic (exact) mass is 248 g/mol.